The first-order chi connectivity index (χ1) is 4.81. The van der Waals surface area contributed by atoms with Crippen molar-refractivity contribution < 1.29 is 9.36 Å². The maximum Gasteiger partial charge on any atom is 0.168 e. The SMILES string of the molecule is CC=O.C[n+]1ccccc1. The summed E-state index contributed by atoms with van der Waals surface area (Å²) in [5.41, 5.74) is 0. The highest BCUT2D eigenvalue weighted by Gasteiger charge is 1.78. The fourth-order valence-corrected chi connectivity index (χ4v) is 0.485. The molecule has 0 amide bonds. The van der Waals surface area contributed by atoms with Gasteiger partial charge in [0.1, 0.15) is 13.3 Å². The minimum atomic E-state index is 0.750. The molecular weight excluding hydrogens is 126 g/mol. The Morgan fingerprint density at radius 1 is 1.20 bits per heavy atom. The molecule has 0 unspecified atom stereocenters. The standard InChI is InChI=1S/C6H8N.C2H4O/c1-7-5-3-2-4-6-7;1-2-3/h2-6H,1H3;2H,1H3/q+1;. The second-order valence-corrected chi connectivity index (χ2v) is 1.78. The predicted molar refractivity (Wildman–Crippen MR) is 39.4 cm³/mol. The third-order valence-electron chi connectivity index (χ3n) is 0.865. The fraction of sp³-hybridized carbons (Fsp3) is 0.250. The highest BCUT2D eigenvalue weighted by atomic mass is 16.1. The van der Waals surface area contributed by atoms with Crippen LogP contribution in [0, 0.1) is 0 Å². The topological polar surface area (TPSA) is 20.9 Å². The average Bonchev–Trinajstić information content (AvgIpc) is 1.91. The van der Waals surface area contributed by atoms with E-state index in [-0.39, 0.29) is 0 Å². The highest BCUT2D eigenvalue weighted by Crippen LogP contribution is 1.71. The minimum absolute atomic E-state index is 0.750. The summed E-state index contributed by atoms with van der Waals surface area (Å²) >= 11 is 0. The predicted octanol–water partition coefficient (Wildman–Crippen LogP) is 0.716. The molecule has 0 radical (unpaired) electrons. The molecule has 10 heavy (non-hydrogen) atoms. The smallest absolute Gasteiger partial charge is 0.168 e. The van der Waals surface area contributed by atoms with Gasteiger partial charge < -0.3 is 4.79 Å². The normalized spacial score (nSPS) is 7.40. The molecule has 1 aromatic heterocycles. The number of aldehydes is 1. The lowest BCUT2D eigenvalue weighted by molar-refractivity contribution is -0.671. The molecule has 2 heteroatoms. The van der Waals surface area contributed by atoms with Gasteiger partial charge in [-0.25, -0.2) is 4.57 Å². The molecule has 0 atom stereocenters. The van der Waals surface area contributed by atoms with E-state index in [4.69, 9.17) is 4.79 Å². The first kappa shape index (κ1) is 8.82. The lowest BCUT2D eigenvalue weighted by atomic mass is 10.5. The molecule has 54 valence electrons. The number of hydrogen-bond donors (Lipinski definition) is 0. The molecule has 0 spiro atoms. The van der Waals surface area contributed by atoms with Crippen molar-refractivity contribution in [2.24, 2.45) is 7.05 Å². The minimum Gasteiger partial charge on any atom is -0.304 e. The van der Waals surface area contributed by atoms with Crippen molar-refractivity contribution in [2.75, 3.05) is 0 Å². The van der Waals surface area contributed by atoms with E-state index in [2.05, 4.69) is 0 Å². The van der Waals surface area contributed by atoms with Gasteiger partial charge >= 0.3 is 0 Å². The molecule has 0 aromatic carbocycles. The van der Waals surface area contributed by atoms with Crippen molar-refractivity contribution in [2.45, 2.75) is 6.92 Å². The lowest BCUT2D eigenvalue weighted by Gasteiger charge is -1.77. The summed E-state index contributed by atoms with van der Waals surface area (Å²) in [5.74, 6) is 0. The first-order valence-electron chi connectivity index (χ1n) is 3.11. The maximum absolute atomic E-state index is 8.81. The Morgan fingerprint density at radius 2 is 1.60 bits per heavy atom. The van der Waals surface area contributed by atoms with Gasteiger partial charge in [0.15, 0.2) is 12.4 Å². The summed E-state index contributed by atoms with van der Waals surface area (Å²) in [6, 6.07) is 6.00. The second-order valence-electron chi connectivity index (χ2n) is 1.78. The molecule has 0 saturated carbocycles. The number of hydrogen-bond acceptors (Lipinski definition) is 1. The van der Waals surface area contributed by atoms with Crippen molar-refractivity contribution >= 4 is 6.29 Å². The van der Waals surface area contributed by atoms with Gasteiger partial charge in [0.2, 0.25) is 0 Å². The molecule has 0 bridgehead atoms. The Kier molecular flexibility index (Phi) is 5.25. The number of pyridine rings is 1. The molecule has 0 aliphatic heterocycles. The van der Waals surface area contributed by atoms with Gasteiger partial charge in [-0.1, -0.05) is 6.07 Å². The van der Waals surface area contributed by atoms with Crippen molar-refractivity contribution in [1.82, 2.24) is 0 Å². The number of nitrogens with zero attached hydrogens (tertiary/aromatic N) is 1. The van der Waals surface area contributed by atoms with Crippen LogP contribution in [-0.2, 0) is 11.8 Å². The molecule has 0 fully saturated rings. The Hall–Kier alpha value is -1.18. The quantitative estimate of drug-likeness (QED) is 0.382. The van der Waals surface area contributed by atoms with Crippen LogP contribution in [0.4, 0.5) is 0 Å². The van der Waals surface area contributed by atoms with Crippen LogP contribution in [0.2, 0.25) is 0 Å². The van der Waals surface area contributed by atoms with Crippen LogP contribution < -0.4 is 4.57 Å². The third-order valence-corrected chi connectivity index (χ3v) is 0.865. The molecule has 0 aliphatic carbocycles. The van der Waals surface area contributed by atoms with Crippen LogP contribution in [-0.4, -0.2) is 6.29 Å². The van der Waals surface area contributed by atoms with E-state index in [0.717, 1.165) is 6.29 Å². The second kappa shape index (κ2) is 5.95. The monoisotopic (exact) mass is 138 g/mol. The van der Waals surface area contributed by atoms with E-state index >= 15 is 0 Å². The molecule has 1 aromatic rings. The molecule has 1 heterocycles. The zero-order valence-corrected chi connectivity index (χ0v) is 6.32. The van der Waals surface area contributed by atoms with Gasteiger partial charge in [-0.2, -0.15) is 0 Å². The van der Waals surface area contributed by atoms with Crippen LogP contribution in [0.25, 0.3) is 0 Å². The van der Waals surface area contributed by atoms with E-state index in [1.807, 2.05) is 42.2 Å². The third kappa shape index (κ3) is 4.97. The van der Waals surface area contributed by atoms with E-state index in [1.165, 1.54) is 6.92 Å². The maximum atomic E-state index is 8.81. The summed E-state index contributed by atoms with van der Waals surface area (Å²) in [7, 11) is 2.00. The first-order valence-corrected chi connectivity index (χ1v) is 3.11. The van der Waals surface area contributed by atoms with Gasteiger partial charge in [-0.3, -0.25) is 0 Å². The number of carbonyl (C=O) groups excluding carboxylic acids is 1. The Balaban J connectivity index is 0.000000236. The number of aryl methyl sites for hydroxylation is 1. The Morgan fingerprint density at radius 3 is 1.80 bits per heavy atom. The zero-order chi connectivity index (χ0) is 7.82. The van der Waals surface area contributed by atoms with E-state index in [9.17, 15) is 0 Å². The fourth-order valence-electron chi connectivity index (χ4n) is 0.485. The molecular formula is C8H12NO+. The molecule has 2 nitrogen and oxygen atoms in total. The van der Waals surface area contributed by atoms with Crippen molar-refractivity contribution in [3.8, 4) is 0 Å². The van der Waals surface area contributed by atoms with Crippen LogP contribution in [0.15, 0.2) is 30.6 Å². The summed E-state index contributed by atoms with van der Waals surface area (Å²) in [4.78, 5) is 8.81. The lowest BCUT2D eigenvalue weighted by Crippen LogP contribution is -2.25. The largest absolute Gasteiger partial charge is 0.304 e. The Labute approximate surface area is 61.1 Å². The summed E-state index contributed by atoms with van der Waals surface area (Å²) in [6.07, 6.45) is 4.75. The molecule has 0 N–H and O–H groups in total. The van der Waals surface area contributed by atoms with Gasteiger partial charge in [0.05, 0.1) is 0 Å². The Bertz CT molecular complexity index is 172. The highest BCUT2D eigenvalue weighted by molar-refractivity contribution is 5.44. The van der Waals surface area contributed by atoms with Gasteiger partial charge in [0.25, 0.3) is 0 Å². The number of aromatic nitrogens is 1. The molecule has 1 rings (SSSR count). The van der Waals surface area contributed by atoms with E-state index in [0.29, 0.717) is 0 Å². The van der Waals surface area contributed by atoms with Crippen LogP contribution >= 0.6 is 0 Å². The molecule has 0 aliphatic rings. The van der Waals surface area contributed by atoms with Gasteiger partial charge in [-0.15, -0.1) is 0 Å². The summed E-state index contributed by atoms with van der Waals surface area (Å²) < 4.78 is 2.00. The van der Waals surface area contributed by atoms with Gasteiger partial charge in [-0.05, 0) is 6.92 Å². The average molecular weight is 138 g/mol. The van der Waals surface area contributed by atoms with Crippen molar-refractivity contribution in [1.29, 1.82) is 0 Å². The van der Waals surface area contributed by atoms with Crippen LogP contribution in [0.1, 0.15) is 6.92 Å². The van der Waals surface area contributed by atoms with Crippen molar-refractivity contribution in [3.63, 3.8) is 0 Å². The van der Waals surface area contributed by atoms with Crippen molar-refractivity contribution in [3.05, 3.63) is 30.6 Å². The summed E-state index contributed by atoms with van der Waals surface area (Å²) in [6.45, 7) is 1.44. The van der Waals surface area contributed by atoms with E-state index < -0.39 is 0 Å². The van der Waals surface area contributed by atoms with Gasteiger partial charge in [0, 0.05) is 12.1 Å². The zero-order valence-electron chi connectivity index (χ0n) is 6.32. The number of carbonyl (C=O) groups is 1. The van der Waals surface area contributed by atoms with Crippen LogP contribution in [0.5, 0.6) is 0 Å². The number of rotatable bonds is 0. The summed E-state index contributed by atoms with van der Waals surface area (Å²) in [5, 5.41) is 0. The molecule has 0 saturated heterocycles. The van der Waals surface area contributed by atoms with Crippen LogP contribution in [0.3, 0.4) is 0 Å². The van der Waals surface area contributed by atoms with E-state index in [1.54, 1.807) is 0 Å².